The third-order valence-corrected chi connectivity index (χ3v) is 5.64. The molecule has 2 saturated carbocycles. The van der Waals surface area contributed by atoms with Crippen LogP contribution in [-0.4, -0.2) is 19.3 Å². The molecule has 0 aliphatic heterocycles. The first-order valence-corrected chi connectivity index (χ1v) is 8.67. The van der Waals surface area contributed by atoms with Gasteiger partial charge in [-0.25, -0.2) is 0 Å². The fraction of sp³-hybridized carbons (Fsp3) is 0.684. The van der Waals surface area contributed by atoms with E-state index in [0.29, 0.717) is 6.04 Å². The zero-order chi connectivity index (χ0) is 14.7. The molecule has 0 heterocycles. The summed E-state index contributed by atoms with van der Waals surface area (Å²) in [5, 5.41) is 3.68. The molecule has 2 nitrogen and oxygen atoms in total. The topological polar surface area (TPSA) is 21.3 Å². The summed E-state index contributed by atoms with van der Waals surface area (Å²) in [5.41, 5.74) is 2.91. The predicted molar refractivity (Wildman–Crippen MR) is 87.7 cm³/mol. The van der Waals surface area contributed by atoms with Crippen molar-refractivity contribution in [3.8, 4) is 0 Å². The summed E-state index contributed by atoms with van der Waals surface area (Å²) in [6.07, 6.45) is 9.07. The monoisotopic (exact) mass is 287 g/mol. The fourth-order valence-corrected chi connectivity index (χ4v) is 4.10. The van der Waals surface area contributed by atoms with Crippen LogP contribution in [0.4, 0.5) is 0 Å². The van der Waals surface area contributed by atoms with Gasteiger partial charge in [-0.3, -0.25) is 0 Å². The van der Waals surface area contributed by atoms with Gasteiger partial charge < -0.3 is 10.1 Å². The molecule has 1 unspecified atom stereocenters. The van der Waals surface area contributed by atoms with Crippen molar-refractivity contribution in [1.29, 1.82) is 0 Å². The maximum absolute atomic E-state index is 6.02. The SMILES string of the molecule is CCNC(c1ccc(C2CCC2)cc1)C1(OC)CCCC1. The van der Waals surface area contributed by atoms with E-state index in [-0.39, 0.29) is 5.60 Å². The van der Waals surface area contributed by atoms with Gasteiger partial charge in [0, 0.05) is 7.11 Å². The van der Waals surface area contributed by atoms with Crippen LogP contribution in [0.1, 0.15) is 75.0 Å². The summed E-state index contributed by atoms with van der Waals surface area (Å²) in [6.45, 7) is 3.17. The Balaban J connectivity index is 1.82. The van der Waals surface area contributed by atoms with E-state index in [1.807, 2.05) is 7.11 Å². The highest BCUT2D eigenvalue weighted by Crippen LogP contribution is 2.43. The number of methoxy groups -OCH3 is 1. The molecule has 1 N–H and O–H groups in total. The molecule has 2 aliphatic rings. The van der Waals surface area contributed by atoms with E-state index in [0.717, 1.165) is 12.5 Å². The predicted octanol–water partition coefficient (Wildman–Crippen LogP) is 4.56. The lowest BCUT2D eigenvalue weighted by Gasteiger charge is -2.37. The summed E-state index contributed by atoms with van der Waals surface area (Å²) in [5.74, 6) is 0.819. The van der Waals surface area contributed by atoms with Crippen molar-refractivity contribution in [1.82, 2.24) is 5.32 Å². The van der Waals surface area contributed by atoms with Gasteiger partial charge in [-0.05, 0) is 49.3 Å². The second-order valence-corrected chi connectivity index (χ2v) is 6.76. The zero-order valence-electron chi connectivity index (χ0n) is 13.5. The van der Waals surface area contributed by atoms with Gasteiger partial charge in [0.1, 0.15) is 0 Å². The van der Waals surface area contributed by atoms with Crippen molar-refractivity contribution in [2.75, 3.05) is 13.7 Å². The zero-order valence-corrected chi connectivity index (χ0v) is 13.5. The minimum absolute atomic E-state index is 0.00596. The van der Waals surface area contributed by atoms with Gasteiger partial charge >= 0.3 is 0 Å². The summed E-state index contributed by atoms with van der Waals surface area (Å²) in [7, 11) is 1.89. The van der Waals surface area contributed by atoms with Gasteiger partial charge in [0.25, 0.3) is 0 Å². The van der Waals surface area contributed by atoms with Crippen LogP contribution in [-0.2, 0) is 4.74 Å². The highest BCUT2D eigenvalue weighted by Gasteiger charge is 2.42. The van der Waals surface area contributed by atoms with Crippen molar-refractivity contribution in [3.63, 3.8) is 0 Å². The van der Waals surface area contributed by atoms with Crippen LogP contribution in [0.2, 0.25) is 0 Å². The number of rotatable bonds is 6. The van der Waals surface area contributed by atoms with E-state index in [1.54, 1.807) is 0 Å². The second-order valence-electron chi connectivity index (χ2n) is 6.76. The Hall–Kier alpha value is -0.860. The quantitative estimate of drug-likeness (QED) is 0.828. The Morgan fingerprint density at radius 1 is 1.14 bits per heavy atom. The van der Waals surface area contributed by atoms with E-state index >= 15 is 0 Å². The Kier molecular flexibility index (Phi) is 4.66. The molecule has 2 aliphatic carbocycles. The van der Waals surface area contributed by atoms with Crippen LogP contribution in [0.15, 0.2) is 24.3 Å². The molecule has 1 atom stereocenters. The van der Waals surface area contributed by atoms with Crippen LogP contribution in [0.3, 0.4) is 0 Å². The third kappa shape index (κ3) is 2.89. The number of likely N-dealkylation sites (N-methyl/N-ethyl adjacent to an activating group) is 1. The van der Waals surface area contributed by atoms with Crippen LogP contribution in [0.25, 0.3) is 0 Å². The lowest BCUT2D eigenvalue weighted by atomic mass is 9.79. The van der Waals surface area contributed by atoms with E-state index < -0.39 is 0 Å². The molecule has 1 aromatic rings. The molecular formula is C19H29NO. The van der Waals surface area contributed by atoms with Crippen molar-refractivity contribution in [2.24, 2.45) is 0 Å². The molecule has 3 rings (SSSR count). The average Bonchev–Trinajstić information content (AvgIpc) is 2.94. The Morgan fingerprint density at radius 2 is 1.81 bits per heavy atom. The first-order chi connectivity index (χ1) is 10.3. The molecule has 21 heavy (non-hydrogen) atoms. The van der Waals surface area contributed by atoms with E-state index in [4.69, 9.17) is 4.74 Å². The first-order valence-electron chi connectivity index (χ1n) is 8.67. The van der Waals surface area contributed by atoms with Gasteiger partial charge in [-0.1, -0.05) is 50.5 Å². The van der Waals surface area contributed by atoms with E-state index in [1.165, 1.54) is 56.1 Å². The molecule has 0 spiro atoms. The average molecular weight is 287 g/mol. The van der Waals surface area contributed by atoms with E-state index in [9.17, 15) is 0 Å². The molecule has 0 radical (unpaired) electrons. The Morgan fingerprint density at radius 3 is 2.29 bits per heavy atom. The molecule has 2 heteroatoms. The summed E-state index contributed by atoms with van der Waals surface area (Å²) in [4.78, 5) is 0. The summed E-state index contributed by atoms with van der Waals surface area (Å²) >= 11 is 0. The van der Waals surface area contributed by atoms with Gasteiger partial charge in [0.2, 0.25) is 0 Å². The molecule has 1 aromatic carbocycles. The minimum atomic E-state index is -0.00596. The molecule has 116 valence electrons. The Labute approximate surface area is 129 Å². The fourth-order valence-electron chi connectivity index (χ4n) is 4.10. The third-order valence-electron chi connectivity index (χ3n) is 5.64. The highest BCUT2D eigenvalue weighted by atomic mass is 16.5. The number of benzene rings is 1. The van der Waals surface area contributed by atoms with Crippen LogP contribution in [0, 0.1) is 0 Å². The maximum Gasteiger partial charge on any atom is 0.0872 e. The van der Waals surface area contributed by atoms with E-state index in [2.05, 4.69) is 36.5 Å². The lowest BCUT2D eigenvalue weighted by molar-refractivity contribution is -0.0364. The smallest absolute Gasteiger partial charge is 0.0872 e. The first kappa shape index (κ1) is 15.1. The molecular weight excluding hydrogens is 258 g/mol. The van der Waals surface area contributed by atoms with Gasteiger partial charge in [0.15, 0.2) is 0 Å². The summed E-state index contributed by atoms with van der Waals surface area (Å²) < 4.78 is 6.02. The van der Waals surface area contributed by atoms with Crippen molar-refractivity contribution < 1.29 is 4.74 Å². The Bertz CT molecular complexity index is 443. The largest absolute Gasteiger partial charge is 0.376 e. The minimum Gasteiger partial charge on any atom is -0.376 e. The highest BCUT2D eigenvalue weighted by molar-refractivity contribution is 5.30. The number of hydrogen-bond acceptors (Lipinski definition) is 2. The maximum atomic E-state index is 6.02. The summed E-state index contributed by atoms with van der Waals surface area (Å²) in [6, 6.07) is 9.69. The lowest BCUT2D eigenvalue weighted by Crippen LogP contribution is -2.43. The number of nitrogens with one attached hydrogen (secondary N) is 1. The van der Waals surface area contributed by atoms with Crippen molar-refractivity contribution in [2.45, 2.75) is 69.4 Å². The number of ether oxygens (including phenoxy) is 1. The van der Waals surface area contributed by atoms with Crippen LogP contribution in [0.5, 0.6) is 0 Å². The molecule has 0 saturated heterocycles. The van der Waals surface area contributed by atoms with Gasteiger partial charge in [-0.15, -0.1) is 0 Å². The van der Waals surface area contributed by atoms with Crippen molar-refractivity contribution in [3.05, 3.63) is 35.4 Å². The standard InChI is InChI=1S/C19H29NO/c1-3-20-18(19(21-2)13-4-5-14-19)17-11-9-16(10-12-17)15-7-6-8-15/h9-12,15,18,20H,3-8,13-14H2,1-2H3. The van der Waals surface area contributed by atoms with Gasteiger partial charge in [-0.2, -0.15) is 0 Å². The molecule has 0 aromatic heterocycles. The van der Waals surface area contributed by atoms with Crippen LogP contribution < -0.4 is 5.32 Å². The van der Waals surface area contributed by atoms with Crippen molar-refractivity contribution >= 4 is 0 Å². The van der Waals surface area contributed by atoms with Crippen LogP contribution >= 0.6 is 0 Å². The molecule has 0 amide bonds. The molecule has 0 bridgehead atoms. The molecule has 2 fully saturated rings. The number of hydrogen-bond donors (Lipinski definition) is 1. The second kappa shape index (κ2) is 6.50. The van der Waals surface area contributed by atoms with Gasteiger partial charge in [0.05, 0.1) is 11.6 Å². The normalized spacial score (nSPS) is 23.0.